The van der Waals surface area contributed by atoms with Crippen LogP contribution in [-0.2, 0) is 9.59 Å². The Morgan fingerprint density at radius 2 is 2.00 bits per heavy atom. The predicted molar refractivity (Wildman–Crippen MR) is 75.5 cm³/mol. The van der Waals surface area contributed by atoms with E-state index in [9.17, 15) is 9.59 Å². The van der Waals surface area contributed by atoms with E-state index in [1.807, 2.05) is 13.8 Å². The third-order valence-corrected chi connectivity index (χ3v) is 3.51. The van der Waals surface area contributed by atoms with Gasteiger partial charge in [0.15, 0.2) is 0 Å². The summed E-state index contributed by atoms with van der Waals surface area (Å²) >= 11 is 11.8. The van der Waals surface area contributed by atoms with Crippen molar-refractivity contribution in [2.75, 3.05) is 5.32 Å². The van der Waals surface area contributed by atoms with Crippen molar-refractivity contribution in [1.29, 1.82) is 0 Å². The molecule has 1 aliphatic rings. The third-order valence-electron chi connectivity index (χ3n) is 2.96. The Labute approximate surface area is 121 Å². The van der Waals surface area contributed by atoms with Crippen LogP contribution in [0.4, 0.5) is 5.69 Å². The highest BCUT2D eigenvalue weighted by Gasteiger charge is 2.39. The summed E-state index contributed by atoms with van der Waals surface area (Å²) < 4.78 is 0. The highest BCUT2D eigenvalue weighted by Crippen LogP contribution is 2.28. The van der Waals surface area contributed by atoms with Crippen molar-refractivity contribution in [3.63, 3.8) is 0 Å². The molecule has 1 aromatic rings. The monoisotopic (exact) mass is 300 g/mol. The lowest BCUT2D eigenvalue weighted by Crippen LogP contribution is -2.39. The number of carbonyl (C=O) groups excluding carboxylic acids is 2. The first-order valence-electron chi connectivity index (χ1n) is 5.97. The van der Waals surface area contributed by atoms with Gasteiger partial charge in [-0.2, -0.15) is 0 Å². The van der Waals surface area contributed by atoms with Gasteiger partial charge in [-0.15, -0.1) is 0 Å². The number of nitrogens with one attached hydrogen (secondary N) is 1. The molecule has 0 saturated carbocycles. The Balaban J connectivity index is 2.16. The minimum Gasteiger partial charge on any atom is -0.372 e. The SMILES string of the molecule is CC(C)N1C(=O)CC(Nc2ccc(Cl)cc2Cl)C1=O. The number of hydrogen-bond donors (Lipinski definition) is 1. The molecule has 1 heterocycles. The summed E-state index contributed by atoms with van der Waals surface area (Å²) in [7, 11) is 0. The van der Waals surface area contributed by atoms with Gasteiger partial charge in [0.1, 0.15) is 6.04 Å². The first-order chi connectivity index (χ1) is 8.90. The van der Waals surface area contributed by atoms with Crippen LogP contribution < -0.4 is 5.32 Å². The molecule has 1 aliphatic heterocycles. The van der Waals surface area contributed by atoms with Crippen LogP contribution in [0.2, 0.25) is 10.0 Å². The molecule has 102 valence electrons. The van der Waals surface area contributed by atoms with Gasteiger partial charge in [0.05, 0.1) is 17.1 Å². The van der Waals surface area contributed by atoms with Crippen LogP contribution in [0.25, 0.3) is 0 Å². The molecule has 0 radical (unpaired) electrons. The Morgan fingerprint density at radius 1 is 1.32 bits per heavy atom. The molecule has 0 spiro atoms. The van der Waals surface area contributed by atoms with E-state index in [4.69, 9.17) is 23.2 Å². The third kappa shape index (κ3) is 2.85. The number of hydrogen-bond acceptors (Lipinski definition) is 3. The second kappa shape index (κ2) is 5.39. The van der Waals surface area contributed by atoms with Gasteiger partial charge < -0.3 is 5.32 Å². The van der Waals surface area contributed by atoms with Gasteiger partial charge >= 0.3 is 0 Å². The summed E-state index contributed by atoms with van der Waals surface area (Å²) in [6, 6.07) is 4.27. The number of halogens is 2. The molecular formula is C13H14Cl2N2O2. The fraction of sp³-hybridized carbons (Fsp3) is 0.385. The molecule has 1 fully saturated rings. The Bertz CT molecular complexity index is 531. The predicted octanol–water partition coefficient (Wildman–Crippen LogP) is 2.94. The maximum absolute atomic E-state index is 12.1. The highest BCUT2D eigenvalue weighted by atomic mass is 35.5. The summed E-state index contributed by atoms with van der Waals surface area (Å²) in [5.74, 6) is -0.381. The van der Waals surface area contributed by atoms with E-state index in [0.29, 0.717) is 15.7 Å². The number of rotatable bonds is 3. The maximum atomic E-state index is 12.1. The van der Waals surface area contributed by atoms with Crippen LogP contribution in [0.1, 0.15) is 20.3 Å². The zero-order valence-electron chi connectivity index (χ0n) is 10.6. The van der Waals surface area contributed by atoms with Crippen LogP contribution in [0.5, 0.6) is 0 Å². The fourth-order valence-corrected chi connectivity index (χ4v) is 2.56. The lowest BCUT2D eigenvalue weighted by molar-refractivity contribution is -0.140. The van der Waals surface area contributed by atoms with E-state index in [-0.39, 0.29) is 24.3 Å². The standard InChI is InChI=1S/C13H14Cl2N2O2/c1-7(2)17-12(18)6-11(13(17)19)16-10-4-3-8(14)5-9(10)15/h3-5,7,11,16H,6H2,1-2H3. The minimum absolute atomic E-state index is 0.132. The summed E-state index contributed by atoms with van der Waals surface area (Å²) in [6.45, 7) is 3.63. The van der Waals surface area contributed by atoms with Crippen molar-refractivity contribution >= 4 is 40.7 Å². The second-order valence-electron chi connectivity index (χ2n) is 4.72. The molecule has 1 unspecified atom stereocenters. The zero-order valence-corrected chi connectivity index (χ0v) is 12.1. The molecule has 2 rings (SSSR count). The minimum atomic E-state index is -0.562. The van der Waals surface area contributed by atoms with Crippen molar-refractivity contribution in [3.05, 3.63) is 28.2 Å². The number of nitrogens with zero attached hydrogens (tertiary/aromatic N) is 1. The highest BCUT2D eigenvalue weighted by molar-refractivity contribution is 6.36. The normalized spacial score (nSPS) is 19.4. The van der Waals surface area contributed by atoms with Crippen LogP contribution in [0.15, 0.2) is 18.2 Å². The average Bonchev–Trinajstić information content (AvgIpc) is 2.58. The number of benzene rings is 1. The average molecular weight is 301 g/mol. The van der Waals surface area contributed by atoms with Crippen molar-refractivity contribution < 1.29 is 9.59 Å². The molecule has 19 heavy (non-hydrogen) atoms. The van der Waals surface area contributed by atoms with Gasteiger partial charge in [-0.05, 0) is 32.0 Å². The molecule has 2 amide bonds. The number of anilines is 1. The first-order valence-corrected chi connectivity index (χ1v) is 6.73. The van der Waals surface area contributed by atoms with E-state index < -0.39 is 6.04 Å². The molecule has 1 saturated heterocycles. The quantitative estimate of drug-likeness (QED) is 0.873. The smallest absolute Gasteiger partial charge is 0.252 e. The molecule has 0 bridgehead atoms. The molecule has 6 heteroatoms. The molecule has 0 aromatic heterocycles. The fourth-order valence-electron chi connectivity index (χ4n) is 2.10. The summed E-state index contributed by atoms with van der Waals surface area (Å²) in [5.41, 5.74) is 0.600. The van der Waals surface area contributed by atoms with Crippen LogP contribution in [0.3, 0.4) is 0 Å². The summed E-state index contributed by atoms with van der Waals surface area (Å²) in [4.78, 5) is 25.2. The molecule has 4 nitrogen and oxygen atoms in total. The zero-order chi connectivity index (χ0) is 14.2. The molecule has 0 aliphatic carbocycles. The Kier molecular flexibility index (Phi) is 4.02. The lowest BCUT2D eigenvalue weighted by atomic mass is 10.2. The van der Waals surface area contributed by atoms with Gasteiger partial charge in [0.2, 0.25) is 5.91 Å². The molecule has 1 N–H and O–H groups in total. The number of carbonyl (C=O) groups is 2. The molecule has 1 aromatic carbocycles. The van der Waals surface area contributed by atoms with E-state index >= 15 is 0 Å². The van der Waals surface area contributed by atoms with Gasteiger partial charge in [-0.1, -0.05) is 23.2 Å². The molecular weight excluding hydrogens is 287 g/mol. The first kappa shape index (κ1) is 14.2. The van der Waals surface area contributed by atoms with E-state index in [1.165, 1.54) is 4.90 Å². The summed E-state index contributed by atoms with van der Waals surface area (Å²) in [6.07, 6.45) is 0.149. The van der Waals surface area contributed by atoms with Crippen LogP contribution in [0, 0.1) is 0 Å². The lowest BCUT2D eigenvalue weighted by Gasteiger charge is -2.19. The van der Waals surface area contributed by atoms with Crippen molar-refractivity contribution in [3.8, 4) is 0 Å². The Hall–Kier alpha value is -1.26. The van der Waals surface area contributed by atoms with Crippen molar-refractivity contribution in [2.24, 2.45) is 0 Å². The topological polar surface area (TPSA) is 49.4 Å². The maximum Gasteiger partial charge on any atom is 0.252 e. The number of imide groups is 1. The van der Waals surface area contributed by atoms with E-state index in [2.05, 4.69) is 5.32 Å². The molecule has 1 atom stereocenters. The van der Waals surface area contributed by atoms with Crippen molar-refractivity contribution in [1.82, 2.24) is 4.90 Å². The van der Waals surface area contributed by atoms with Gasteiger partial charge in [-0.3, -0.25) is 14.5 Å². The Morgan fingerprint density at radius 3 is 2.53 bits per heavy atom. The largest absolute Gasteiger partial charge is 0.372 e. The number of amides is 2. The van der Waals surface area contributed by atoms with Gasteiger partial charge in [0.25, 0.3) is 5.91 Å². The second-order valence-corrected chi connectivity index (χ2v) is 5.56. The summed E-state index contributed by atoms with van der Waals surface area (Å²) in [5, 5.41) is 3.95. The van der Waals surface area contributed by atoms with Crippen molar-refractivity contribution in [2.45, 2.75) is 32.4 Å². The van der Waals surface area contributed by atoms with E-state index in [1.54, 1.807) is 18.2 Å². The number of likely N-dealkylation sites (tertiary alicyclic amines) is 1. The van der Waals surface area contributed by atoms with Gasteiger partial charge in [0, 0.05) is 11.1 Å². The van der Waals surface area contributed by atoms with Crippen LogP contribution in [-0.4, -0.2) is 28.8 Å². The van der Waals surface area contributed by atoms with Crippen LogP contribution >= 0.6 is 23.2 Å². The van der Waals surface area contributed by atoms with E-state index in [0.717, 1.165) is 0 Å². The van der Waals surface area contributed by atoms with Gasteiger partial charge in [-0.25, -0.2) is 0 Å².